The zero-order valence-corrected chi connectivity index (χ0v) is 10.9. The van der Waals surface area contributed by atoms with Crippen LogP contribution in [-0.2, 0) is 0 Å². The molecule has 0 atom stereocenters. The fourth-order valence-electron chi connectivity index (χ4n) is 1.64. The molecule has 0 saturated heterocycles. The van der Waals surface area contributed by atoms with Crippen LogP contribution in [0.3, 0.4) is 0 Å². The molecule has 0 bridgehead atoms. The van der Waals surface area contributed by atoms with Crippen LogP contribution in [0.4, 0.5) is 5.82 Å². The van der Waals surface area contributed by atoms with Crippen molar-refractivity contribution in [3.63, 3.8) is 0 Å². The standard InChI is InChI=1S/C15H12N2O4/c18-9-3-5-10-4-1-8-13(16-10)17-15(21)14-11(19)6-2-7-12(14)20/h1-2,4,6-8,18-20H,9H2,(H,16,17,21). The lowest BCUT2D eigenvalue weighted by Crippen LogP contribution is -2.13. The average Bonchev–Trinajstić information content (AvgIpc) is 2.45. The quantitative estimate of drug-likeness (QED) is 0.618. The van der Waals surface area contributed by atoms with E-state index in [2.05, 4.69) is 22.1 Å². The zero-order valence-electron chi connectivity index (χ0n) is 10.9. The third-order valence-electron chi connectivity index (χ3n) is 2.53. The number of aliphatic hydroxyl groups excluding tert-OH is 1. The molecular formula is C15H12N2O4. The van der Waals surface area contributed by atoms with Crippen molar-refractivity contribution < 1.29 is 20.1 Å². The molecule has 1 heterocycles. The number of amides is 1. The maximum absolute atomic E-state index is 12.0. The van der Waals surface area contributed by atoms with E-state index >= 15 is 0 Å². The first-order valence-electron chi connectivity index (χ1n) is 6.01. The number of hydrogen-bond donors (Lipinski definition) is 4. The second kappa shape index (κ2) is 6.41. The number of aliphatic hydroxyl groups is 1. The van der Waals surface area contributed by atoms with Crippen molar-refractivity contribution in [2.75, 3.05) is 11.9 Å². The Morgan fingerprint density at radius 2 is 1.81 bits per heavy atom. The van der Waals surface area contributed by atoms with Gasteiger partial charge in [-0.1, -0.05) is 18.1 Å². The van der Waals surface area contributed by atoms with Crippen molar-refractivity contribution >= 4 is 11.7 Å². The molecule has 106 valence electrons. The molecule has 0 unspecified atom stereocenters. The van der Waals surface area contributed by atoms with Crippen LogP contribution in [0.25, 0.3) is 0 Å². The predicted molar refractivity (Wildman–Crippen MR) is 75.9 cm³/mol. The van der Waals surface area contributed by atoms with Crippen LogP contribution in [0.2, 0.25) is 0 Å². The Hall–Kier alpha value is -3.04. The topological polar surface area (TPSA) is 103 Å². The summed E-state index contributed by atoms with van der Waals surface area (Å²) in [7, 11) is 0. The monoisotopic (exact) mass is 284 g/mol. The van der Waals surface area contributed by atoms with Crippen molar-refractivity contribution in [3.05, 3.63) is 47.7 Å². The summed E-state index contributed by atoms with van der Waals surface area (Å²) in [5.74, 6) is 3.92. The Balaban J connectivity index is 2.24. The smallest absolute Gasteiger partial charge is 0.264 e. The van der Waals surface area contributed by atoms with Crippen LogP contribution in [0.1, 0.15) is 16.1 Å². The summed E-state index contributed by atoms with van der Waals surface area (Å²) < 4.78 is 0. The van der Waals surface area contributed by atoms with Crippen LogP contribution in [0.5, 0.6) is 11.5 Å². The van der Waals surface area contributed by atoms with E-state index in [0.717, 1.165) is 0 Å². The third kappa shape index (κ3) is 3.49. The fraction of sp³-hybridized carbons (Fsp3) is 0.0667. The van der Waals surface area contributed by atoms with Crippen molar-refractivity contribution in [2.24, 2.45) is 0 Å². The van der Waals surface area contributed by atoms with Gasteiger partial charge in [0.15, 0.2) is 0 Å². The van der Waals surface area contributed by atoms with Gasteiger partial charge in [0.1, 0.15) is 35.2 Å². The molecular weight excluding hydrogens is 272 g/mol. The third-order valence-corrected chi connectivity index (χ3v) is 2.53. The number of aromatic nitrogens is 1. The van der Waals surface area contributed by atoms with Gasteiger partial charge in [0.05, 0.1) is 0 Å². The van der Waals surface area contributed by atoms with Gasteiger partial charge < -0.3 is 20.6 Å². The van der Waals surface area contributed by atoms with Crippen LogP contribution in [-0.4, -0.2) is 32.8 Å². The van der Waals surface area contributed by atoms with Crippen LogP contribution in [0.15, 0.2) is 36.4 Å². The predicted octanol–water partition coefficient (Wildman–Crippen LogP) is 1.09. The second-order valence-corrected chi connectivity index (χ2v) is 3.99. The van der Waals surface area contributed by atoms with E-state index in [0.29, 0.717) is 5.69 Å². The molecule has 21 heavy (non-hydrogen) atoms. The first kappa shape index (κ1) is 14.4. The molecule has 0 aliphatic rings. The SMILES string of the molecule is O=C(Nc1cccc(C#CCO)n1)c1c(O)cccc1O. The van der Waals surface area contributed by atoms with Gasteiger partial charge in [0.2, 0.25) is 0 Å². The van der Waals surface area contributed by atoms with Crippen molar-refractivity contribution in [1.82, 2.24) is 4.98 Å². The molecule has 1 amide bonds. The summed E-state index contributed by atoms with van der Waals surface area (Å²) in [5, 5.41) is 30.3. The summed E-state index contributed by atoms with van der Waals surface area (Å²) in [6, 6.07) is 8.81. The molecule has 0 aliphatic heterocycles. The number of phenols is 2. The molecule has 1 aromatic carbocycles. The lowest BCUT2D eigenvalue weighted by molar-refractivity contribution is 0.102. The molecule has 6 nitrogen and oxygen atoms in total. The zero-order chi connectivity index (χ0) is 15.2. The number of nitrogens with one attached hydrogen (secondary N) is 1. The number of anilines is 1. The molecule has 1 aromatic heterocycles. The van der Waals surface area contributed by atoms with Crippen LogP contribution < -0.4 is 5.32 Å². The molecule has 2 aromatic rings. The van der Waals surface area contributed by atoms with Gasteiger partial charge in [-0.25, -0.2) is 4.98 Å². The minimum atomic E-state index is -0.689. The van der Waals surface area contributed by atoms with E-state index in [9.17, 15) is 15.0 Å². The fourth-order valence-corrected chi connectivity index (χ4v) is 1.64. The largest absolute Gasteiger partial charge is 0.507 e. The highest BCUT2D eigenvalue weighted by Gasteiger charge is 2.16. The van der Waals surface area contributed by atoms with E-state index in [1.54, 1.807) is 18.2 Å². The van der Waals surface area contributed by atoms with E-state index in [1.165, 1.54) is 18.2 Å². The lowest BCUT2D eigenvalue weighted by atomic mass is 10.1. The number of phenolic OH excluding ortho intramolecular Hbond substituents is 2. The number of aromatic hydroxyl groups is 2. The summed E-state index contributed by atoms with van der Waals surface area (Å²) in [6.07, 6.45) is 0. The number of hydrogen-bond acceptors (Lipinski definition) is 5. The number of nitrogens with zero attached hydrogens (tertiary/aromatic N) is 1. The molecule has 0 radical (unpaired) electrons. The van der Waals surface area contributed by atoms with E-state index in [-0.39, 0.29) is 29.5 Å². The Bertz CT molecular complexity index is 712. The second-order valence-electron chi connectivity index (χ2n) is 3.99. The first-order chi connectivity index (χ1) is 10.1. The van der Waals surface area contributed by atoms with E-state index in [1.807, 2.05) is 0 Å². The first-order valence-corrected chi connectivity index (χ1v) is 6.01. The maximum atomic E-state index is 12.0. The van der Waals surface area contributed by atoms with Gasteiger partial charge in [0, 0.05) is 0 Å². The average molecular weight is 284 g/mol. The highest BCUT2D eigenvalue weighted by Crippen LogP contribution is 2.26. The number of rotatable bonds is 2. The van der Waals surface area contributed by atoms with Gasteiger partial charge in [-0.15, -0.1) is 0 Å². The lowest BCUT2D eigenvalue weighted by Gasteiger charge is -2.07. The van der Waals surface area contributed by atoms with E-state index in [4.69, 9.17) is 5.11 Å². The number of carbonyl (C=O) groups excluding carboxylic acids is 1. The molecule has 6 heteroatoms. The summed E-state index contributed by atoms with van der Waals surface area (Å²) in [5.41, 5.74) is 0.148. The minimum absolute atomic E-state index is 0.215. The summed E-state index contributed by atoms with van der Waals surface area (Å²) >= 11 is 0. The van der Waals surface area contributed by atoms with Crippen LogP contribution >= 0.6 is 0 Å². The molecule has 4 N–H and O–H groups in total. The molecule has 0 fully saturated rings. The van der Waals surface area contributed by atoms with Crippen LogP contribution in [0, 0.1) is 11.8 Å². The maximum Gasteiger partial charge on any atom is 0.264 e. The van der Waals surface area contributed by atoms with Crippen molar-refractivity contribution in [2.45, 2.75) is 0 Å². The minimum Gasteiger partial charge on any atom is -0.507 e. The normalized spacial score (nSPS) is 9.57. The van der Waals surface area contributed by atoms with Gasteiger partial charge >= 0.3 is 0 Å². The van der Waals surface area contributed by atoms with Gasteiger partial charge in [-0.2, -0.15) is 0 Å². The number of carbonyl (C=O) groups is 1. The highest BCUT2D eigenvalue weighted by atomic mass is 16.3. The summed E-state index contributed by atoms with van der Waals surface area (Å²) in [6.45, 7) is -0.288. The molecule has 2 rings (SSSR count). The number of benzene rings is 1. The summed E-state index contributed by atoms with van der Waals surface area (Å²) in [4.78, 5) is 16.1. The molecule has 0 spiro atoms. The van der Waals surface area contributed by atoms with Gasteiger partial charge in [-0.05, 0) is 30.2 Å². The molecule has 0 saturated carbocycles. The van der Waals surface area contributed by atoms with E-state index < -0.39 is 5.91 Å². The Morgan fingerprint density at radius 3 is 2.48 bits per heavy atom. The Morgan fingerprint density at radius 1 is 1.14 bits per heavy atom. The highest BCUT2D eigenvalue weighted by molar-refractivity contribution is 6.07. The van der Waals surface area contributed by atoms with Gasteiger partial charge in [0.25, 0.3) is 5.91 Å². The Labute approximate surface area is 120 Å². The van der Waals surface area contributed by atoms with Gasteiger partial charge in [-0.3, -0.25) is 4.79 Å². The molecule has 0 aliphatic carbocycles. The number of pyridine rings is 1. The van der Waals surface area contributed by atoms with Crippen molar-refractivity contribution in [1.29, 1.82) is 0 Å². The van der Waals surface area contributed by atoms with Crippen molar-refractivity contribution in [3.8, 4) is 23.3 Å². The Kier molecular flexibility index (Phi) is 4.39.